The minimum absolute atomic E-state index is 0.0663. The van der Waals surface area contributed by atoms with Gasteiger partial charge in [0.15, 0.2) is 11.5 Å². The Morgan fingerprint density at radius 3 is 2.69 bits per heavy atom. The lowest BCUT2D eigenvalue weighted by atomic mass is 9.94. The van der Waals surface area contributed by atoms with Crippen molar-refractivity contribution in [2.24, 2.45) is 0 Å². The van der Waals surface area contributed by atoms with Crippen molar-refractivity contribution in [2.45, 2.75) is 38.8 Å². The van der Waals surface area contributed by atoms with E-state index in [0.29, 0.717) is 30.2 Å². The van der Waals surface area contributed by atoms with E-state index in [2.05, 4.69) is 20.5 Å². The third-order valence-electron chi connectivity index (χ3n) is 5.79. The molecule has 0 saturated carbocycles. The third kappa shape index (κ3) is 3.60. The summed E-state index contributed by atoms with van der Waals surface area (Å²) in [5.41, 5.74) is 4.80. The highest BCUT2D eigenvalue weighted by Crippen LogP contribution is 2.42. The molecule has 2 unspecified atom stereocenters. The van der Waals surface area contributed by atoms with Crippen LogP contribution in [0.15, 0.2) is 65.7 Å². The average Bonchev–Trinajstić information content (AvgIpc) is 3.02. The molecule has 0 spiro atoms. The number of para-hydroxylation sites is 1. The van der Waals surface area contributed by atoms with Crippen LogP contribution < -0.4 is 14.8 Å². The van der Waals surface area contributed by atoms with E-state index in [4.69, 9.17) is 9.47 Å². The van der Waals surface area contributed by atoms with Gasteiger partial charge in [-0.2, -0.15) is 4.98 Å². The SMILES string of the molecule is CCCOc1nnc2c(n1)OC(C1=C(C)CC(c3ccccc3)C1=O)Nc1ccccc1-2. The topological polar surface area (TPSA) is 86.2 Å². The van der Waals surface area contributed by atoms with E-state index in [1.165, 1.54) is 0 Å². The van der Waals surface area contributed by atoms with Crippen LogP contribution in [0.25, 0.3) is 11.3 Å². The standard InChI is InChI=1S/C25H24N4O3/c1-3-13-31-25-27-24-21(28-29-25)17-11-7-8-12-19(17)26-23(32-24)20-15(2)14-18(22(20)30)16-9-5-4-6-10-16/h4-12,18,23,26H,3,13-14H2,1-2H3. The molecule has 32 heavy (non-hydrogen) atoms. The molecule has 3 aromatic rings. The van der Waals surface area contributed by atoms with Gasteiger partial charge in [-0.1, -0.05) is 66.1 Å². The van der Waals surface area contributed by atoms with Crippen molar-refractivity contribution < 1.29 is 14.3 Å². The van der Waals surface area contributed by atoms with Gasteiger partial charge in [0.2, 0.25) is 12.1 Å². The van der Waals surface area contributed by atoms with E-state index in [9.17, 15) is 4.79 Å². The smallest absolute Gasteiger partial charge is 0.339 e. The number of ether oxygens (including phenoxy) is 2. The van der Waals surface area contributed by atoms with Gasteiger partial charge in [0, 0.05) is 11.3 Å². The van der Waals surface area contributed by atoms with E-state index in [1.54, 1.807) is 0 Å². The van der Waals surface area contributed by atoms with Crippen molar-refractivity contribution in [3.05, 3.63) is 71.3 Å². The Labute approximate surface area is 186 Å². The second kappa shape index (κ2) is 8.42. The number of hydrogen-bond donors (Lipinski definition) is 1. The zero-order valence-corrected chi connectivity index (χ0v) is 18.0. The minimum atomic E-state index is -0.686. The van der Waals surface area contributed by atoms with Crippen LogP contribution in [0.3, 0.4) is 0 Å². The first kappa shape index (κ1) is 20.2. The molecular weight excluding hydrogens is 404 g/mol. The van der Waals surface area contributed by atoms with Gasteiger partial charge in [-0.05, 0) is 31.4 Å². The molecule has 5 rings (SSSR count). The molecule has 1 aliphatic heterocycles. The van der Waals surface area contributed by atoms with Gasteiger partial charge < -0.3 is 14.8 Å². The van der Waals surface area contributed by atoms with Crippen LogP contribution in [-0.2, 0) is 4.79 Å². The number of allylic oxidation sites excluding steroid dienone is 1. The van der Waals surface area contributed by atoms with Crippen LogP contribution >= 0.6 is 0 Å². The molecule has 7 heteroatoms. The number of anilines is 1. The van der Waals surface area contributed by atoms with Gasteiger partial charge >= 0.3 is 6.01 Å². The maximum absolute atomic E-state index is 13.5. The fourth-order valence-electron chi connectivity index (χ4n) is 4.25. The normalized spacial score (nSPS) is 19.5. The van der Waals surface area contributed by atoms with Crippen molar-refractivity contribution in [1.82, 2.24) is 15.2 Å². The molecule has 2 aromatic carbocycles. The number of nitrogens with one attached hydrogen (secondary N) is 1. The fraction of sp³-hybridized carbons (Fsp3) is 0.280. The summed E-state index contributed by atoms with van der Waals surface area (Å²) in [5, 5.41) is 11.8. The first-order chi connectivity index (χ1) is 15.7. The fourth-order valence-corrected chi connectivity index (χ4v) is 4.25. The zero-order valence-electron chi connectivity index (χ0n) is 18.0. The van der Waals surface area contributed by atoms with Crippen LogP contribution in [0, 0.1) is 0 Å². The van der Waals surface area contributed by atoms with Gasteiger partial charge in [-0.15, -0.1) is 5.10 Å². The Kier molecular flexibility index (Phi) is 5.31. The minimum Gasteiger partial charge on any atom is -0.462 e. The van der Waals surface area contributed by atoms with E-state index >= 15 is 0 Å². The predicted molar refractivity (Wildman–Crippen MR) is 121 cm³/mol. The van der Waals surface area contributed by atoms with Gasteiger partial charge in [0.25, 0.3) is 0 Å². The predicted octanol–water partition coefficient (Wildman–Crippen LogP) is 4.53. The maximum atomic E-state index is 13.5. The van der Waals surface area contributed by atoms with Gasteiger partial charge in [0.1, 0.15) is 0 Å². The second-order valence-corrected chi connectivity index (χ2v) is 8.01. The summed E-state index contributed by atoms with van der Waals surface area (Å²) in [6.07, 6.45) is 0.811. The Morgan fingerprint density at radius 2 is 1.88 bits per heavy atom. The molecule has 1 N–H and O–H groups in total. The summed E-state index contributed by atoms with van der Waals surface area (Å²) in [5.74, 6) is 0.156. The average molecular weight is 428 g/mol. The molecule has 2 heterocycles. The molecule has 0 radical (unpaired) electrons. The number of carbonyl (C=O) groups is 1. The van der Waals surface area contributed by atoms with Crippen LogP contribution in [0.4, 0.5) is 5.69 Å². The number of ketones is 1. The van der Waals surface area contributed by atoms with Crippen LogP contribution in [0.5, 0.6) is 11.9 Å². The first-order valence-electron chi connectivity index (χ1n) is 10.8. The highest BCUT2D eigenvalue weighted by molar-refractivity contribution is 6.05. The Balaban J connectivity index is 1.53. The second-order valence-electron chi connectivity index (χ2n) is 8.01. The van der Waals surface area contributed by atoms with Crippen molar-refractivity contribution in [2.75, 3.05) is 11.9 Å². The van der Waals surface area contributed by atoms with E-state index < -0.39 is 6.23 Å². The molecule has 7 nitrogen and oxygen atoms in total. The van der Waals surface area contributed by atoms with Crippen LogP contribution in [0.1, 0.15) is 38.2 Å². The lowest BCUT2D eigenvalue weighted by Crippen LogP contribution is -2.32. The van der Waals surface area contributed by atoms with Gasteiger partial charge in [-0.3, -0.25) is 4.79 Å². The Hall–Kier alpha value is -3.74. The van der Waals surface area contributed by atoms with Gasteiger partial charge in [-0.25, -0.2) is 0 Å². The summed E-state index contributed by atoms with van der Waals surface area (Å²) < 4.78 is 11.8. The number of benzene rings is 2. The molecule has 0 saturated heterocycles. The Bertz CT molecular complexity index is 1190. The van der Waals surface area contributed by atoms with E-state index in [0.717, 1.165) is 28.8 Å². The maximum Gasteiger partial charge on any atom is 0.339 e. The molecule has 1 aliphatic carbocycles. The lowest BCUT2D eigenvalue weighted by molar-refractivity contribution is -0.116. The molecule has 0 bridgehead atoms. The molecular formula is C25H24N4O3. The first-order valence-corrected chi connectivity index (χ1v) is 10.8. The quantitative estimate of drug-likeness (QED) is 0.639. The molecule has 162 valence electrons. The third-order valence-corrected chi connectivity index (χ3v) is 5.79. The number of Topliss-reactive ketones (excluding diaryl/α,β-unsaturated/α-hetero) is 1. The molecule has 1 aromatic heterocycles. The van der Waals surface area contributed by atoms with Crippen molar-refractivity contribution in [1.29, 1.82) is 0 Å². The lowest BCUT2D eigenvalue weighted by Gasteiger charge is -2.21. The molecule has 0 amide bonds. The highest BCUT2D eigenvalue weighted by Gasteiger charge is 2.39. The summed E-state index contributed by atoms with van der Waals surface area (Å²) in [6, 6.07) is 17.8. The monoisotopic (exact) mass is 428 g/mol. The number of hydrogen-bond acceptors (Lipinski definition) is 7. The number of fused-ring (bicyclic) bond motifs is 3. The number of carbonyl (C=O) groups excluding carboxylic acids is 1. The summed E-state index contributed by atoms with van der Waals surface area (Å²) in [7, 11) is 0. The van der Waals surface area contributed by atoms with Crippen molar-refractivity contribution in [3.63, 3.8) is 0 Å². The zero-order chi connectivity index (χ0) is 22.1. The number of aromatic nitrogens is 3. The molecule has 2 atom stereocenters. The van der Waals surface area contributed by atoms with Gasteiger partial charge in [0.05, 0.1) is 18.1 Å². The molecule has 0 fully saturated rings. The number of rotatable bonds is 5. The van der Waals surface area contributed by atoms with Crippen LogP contribution in [-0.4, -0.2) is 33.8 Å². The summed E-state index contributed by atoms with van der Waals surface area (Å²) in [6.45, 7) is 4.49. The van der Waals surface area contributed by atoms with Crippen LogP contribution in [0.2, 0.25) is 0 Å². The summed E-state index contributed by atoms with van der Waals surface area (Å²) >= 11 is 0. The van der Waals surface area contributed by atoms with Crippen molar-refractivity contribution >= 4 is 11.5 Å². The summed E-state index contributed by atoms with van der Waals surface area (Å²) in [4.78, 5) is 18.0. The van der Waals surface area contributed by atoms with E-state index in [-0.39, 0.29) is 17.7 Å². The largest absolute Gasteiger partial charge is 0.462 e. The van der Waals surface area contributed by atoms with Crippen molar-refractivity contribution in [3.8, 4) is 23.1 Å². The molecule has 2 aliphatic rings. The van der Waals surface area contributed by atoms with E-state index in [1.807, 2.05) is 68.4 Å². The number of nitrogens with zero attached hydrogens (tertiary/aromatic N) is 3. The Morgan fingerprint density at radius 1 is 1.09 bits per heavy atom. The highest BCUT2D eigenvalue weighted by atomic mass is 16.5.